The predicted octanol–water partition coefficient (Wildman–Crippen LogP) is 2.65. The normalized spacial score (nSPS) is 16.4. The van der Waals surface area contributed by atoms with E-state index in [1.807, 2.05) is 20.8 Å². The average Bonchev–Trinajstić information content (AvgIpc) is 3.04. The number of H-pyrrole nitrogens is 1. The van der Waals surface area contributed by atoms with Gasteiger partial charge in [0.1, 0.15) is 11.6 Å². The van der Waals surface area contributed by atoms with Crippen molar-refractivity contribution in [1.82, 2.24) is 10.2 Å². The number of hydrogen-bond donors (Lipinski definition) is 3. The van der Waals surface area contributed by atoms with Gasteiger partial charge in [0.05, 0.1) is 25.7 Å². The van der Waals surface area contributed by atoms with Gasteiger partial charge in [-0.2, -0.15) is 5.26 Å². The molecular weight excluding hydrogens is 348 g/mol. The van der Waals surface area contributed by atoms with Gasteiger partial charge in [0.2, 0.25) is 17.5 Å². The van der Waals surface area contributed by atoms with Gasteiger partial charge in [-0.25, -0.2) is 0 Å². The SMILES string of the molecule is COc1cc([C@@H]2C(C#N)=C(N)Oc3n[nH]c(C(C)(C)C)c32)cc(OC)c1O. The fraction of sp³-hybridized carbons (Fsp3) is 0.368. The van der Waals surface area contributed by atoms with Gasteiger partial charge in [0.15, 0.2) is 11.5 Å². The van der Waals surface area contributed by atoms with Crippen molar-refractivity contribution in [3.8, 4) is 29.2 Å². The summed E-state index contributed by atoms with van der Waals surface area (Å²) in [6.07, 6.45) is 0. The summed E-state index contributed by atoms with van der Waals surface area (Å²) in [7, 11) is 2.89. The minimum Gasteiger partial charge on any atom is -0.502 e. The van der Waals surface area contributed by atoms with Crippen LogP contribution in [0.2, 0.25) is 0 Å². The number of benzene rings is 1. The molecular formula is C19H22N4O4. The maximum Gasteiger partial charge on any atom is 0.244 e. The Morgan fingerprint density at radius 3 is 2.33 bits per heavy atom. The molecule has 0 spiro atoms. The van der Waals surface area contributed by atoms with Gasteiger partial charge in [0.25, 0.3) is 0 Å². The highest BCUT2D eigenvalue weighted by molar-refractivity contribution is 5.61. The molecule has 8 nitrogen and oxygen atoms in total. The number of ether oxygens (including phenoxy) is 3. The topological polar surface area (TPSA) is 126 Å². The van der Waals surface area contributed by atoms with Crippen molar-refractivity contribution < 1.29 is 19.3 Å². The molecule has 1 aromatic carbocycles. The number of aromatic hydroxyl groups is 1. The van der Waals surface area contributed by atoms with Crippen LogP contribution < -0.4 is 19.9 Å². The molecule has 27 heavy (non-hydrogen) atoms. The van der Waals surface area contributed by atoms with Crippen molar-refractivity contribution in [2.75, 3.05) is 14.2 Å². The number of aromatic nitrogens is 2. The third-order valence-electron chi connectivity index (χ3n) is 4.52. The fourth-order valence-electron chi connectivity index (χ4n) is 3.23. The molecule has 2 aromatic rings. The summed E-state index contributed by atoms with van der Waals surface area (Å²) in [5, 5.41) is 27.2. The lowest BCUT2D eigenvalue weighted by molar-refractivity contribution is 0.338. The highest BCUT2D eigenvalue weighted by Gasteiger charge is 2.38. The monoisotopic (exact) mass is 370 g/mol. The Kier molecular flexibility index (Phi) is 4.39. The molecule has 8 heteroatoms. The summed E-state index contributed by atoms with van der Waals surface area (Å²) in [6.45, 7) is 6.09. The van der Waals surface area contributed by atoms with Gasteiger partial charge < -0.3 is 25.1 Å². The lowest BCUT2D eigenvalue weighted by Crippen LogP contribution is -2.24. The lowest BCUT2D eigenvalue weighted by atomic mass is 9.78. The van der Waals surface area contributed by atoms with E-state index in [4.69, 9.17) is 19.9 Å². The van der Waals surface area contributed by atoms with Crippen molar-refractivity contribution in [1.29, 1.82) is 5.26 Å². The first-order valence-electron chi connectivity index (χ1n) is 8.34. The van der Waals surface area contributed by atoms with E-state index in [1.165, 1.54) is 14.2 Å². The van der Waals surface area contributed by atoms with Gasteiger partial charge in [-0.3, -0.25) is 5.10 Å². The second kappa shape index (κ2) is 6.43. The maximum absolute atomic E-state index is 10.2. The molecule has 1 atom stereocenters. The number of nitrogens with zero attached hydrogens (tertiary/aromatic N) is 2. The molecule has 0 saturated carbocycles. The van der Waals surface area contributed by atoms with Crippen LogP contribution >= 0.6 is 0 Å². The molecule has 4 N–H and O–H groups in total. The third kappa shape index (κ3) is 2.91. The number of nitrogens with one attached hydrogen (secondary N) is 1. The largest absolute Gasteiger partial charge is 0.502 e. The molecule has 142 valence electrons. The zero-order valence-electron chi connectivity index (χ0n) is 15.9. The van der Waals surface area contributed by atoms with Crippen LogP contribution in [0, 0.1) is 11.3 Å². The van der Waals surface area contributed by atoms with Crippen LogP contribution in [0.4, 0.5) is 0 Å². The van der Waals surface area contributed by atoms with E-state index in [0.29, 0.717) is 11.4 Å². The number of methoxy groups -OCH3 is 2. The van der Waals surface area contributed by atoms with E-state index in [9.17, 15) is 10.4 Å². The first-order chi connectivity index (χ1) is 12.7. The number of allylic oxidation sites excluding steroid dienone is 1. The number of rotatable bonds is 3. The van der Waals surface area contributed by atoms with E-state index >= 15 is 0 Å². The van der Waals surface area contributed by atoms with Gasteiger partial charge in [-0.05, 0) is 17.7 Å². The number of phenols is 1. The van der Waals surface area contributed by atoms with E-state index < -0.39 is 5.92 Å². The number of nitrogens with two attached hydrogens (primary N) is 1. The van der Waals surface area contributed by atoms with Crippen molar-refractivity contribution in [3.63, 3.8) is 0 Å². The molecule has 0 saturated heterocycles. The van der Waals surface area contributed by atoms with Crippen molar-refractivity contribution in [3.05, 3.63) is 40.4 Å². The van der Waals surface area contributed by atoms with Crippen LogP contribution in [-0.2, 0) is 5.41 Å². The summed E-state index contributed by atoms with van der Waals surface area (Å²) in [5.74, 6) is 0.119. The quantitative estimate of drug-likeness (QED) is 0.758. The fourth-order valence-corrected chi connectivity index (χ4v) is 3.23. The Hall–Kier alpha value is -3.34. The van der Waals surface area contributed by atoms with Gasteiger partial charge in [0, 0.05) is 11.1 Å². The molecule has 2 heterocycles. The number of fused-ring (bicyclic) bond motifs is 1. The highest BCUT2D eigenvalue weighted by Crippen LogP contribution is 2.48. The predicted molar refractivity (Wildman–Crippen MR) is 97.8 cm³/mol. The Balaban J connectivity index is 2.32. The minimum absolute atomic E-state index is 0.00651. The van der Waals surface area contributed by atoms with Crippen LogP contribution in [0.15, 0.2) is 23.6 Å². The molecule has 0 amide bonds. The molecule has 1 aliphatic rings. The second-order valence-electron chi connectivity index (χ2n) is 7.27. The summed E-state index contributed by atoms with van der Waals surface area (Å²) in [5.41, 5.74) is 8.18. The van der Waals surface area contributed by atoms with E-state index in [2.05, 4.69) is 16.3 Å². The number of hydrogen-bond acceptors (Lipinski definition) is 7. The summed E-state index contributed by atoms with van der Waals surface area (Å²) >= 11 is 0. The standard InChI is InChI=1S/C19H22N4O4/c1-19(2,3)16-14-13(10(8-20)17(21)27-18(14)23-22-16)9-6-11(25-4)15(24)12(7-9)26-5/h6-7,13,24H,21H2,1-5H3,(H,22,23)/t13-/m1/s1. The highest BCUT2D eigenvalue weighted by atomic mass is 16.5. The molecule has 0 radical (unpaired) electrons. The first-order valence-corrected chi connectivity index (χ1v) is 8.34. The number of aromatic amines is 1. The number of phenolic OH excluding ortho intramolecular Hbond substituents is 1. The molecule has 1 aromatic heterocycles. The van der Waals surface area contributed by atoms with Gasteiger partial charge in [-0.15, -0.1) is 5.10 Å². The van der Waals surface area contributed by atoms with Crippen molar-refractivity contribution in [2.45, 2.75) is 32.1 Å². The van der Waals surface area contributed by atoms with E-state index in [0.717, 1.165) is 11.3 Å². The van der Waals surface area contributed by atoms with Crippen LogP contribution in [0.3, 0.4) is 0 Å². The Morgan fingerprint density at radius 2 is 1.85 bits per heavy atom. The molecule has 0 unspecified atom stereocenters. The van der Waals surface area contributed by atoms with Crippen LogP contribution in [0.5, 0.6) is 23.1 Å². The summed E-state index contributed by atoms with van der Waals surface area (Å²) in [6, 6.07) is 5.45. The van der Waals surface area contributed by atoms with Crippen LogP contribution in [0.25, 0.3) is 0 Å². The molecule has 0 bridgehead atoms. The Bertz CT molecular complexity index is 938. The van der Waals surface area contributed by atoms with E-state index in [-0.39, 0.29) is 34.1 Å². The third-order valence-corrected chi connectivity index (χ3v) is 4.52. The maximum atomic E-state index is 10.2. The van der Waals surface area contributed by atoms with Crippen LogP contribution in [-0.4, -0.2) is 29.5 Å². The lowest BCUT2D eigenvalue weighted by Gasteiger charge is -2.28. The molecule has 3 rings (SSSR count). The smallest absolute Gasteiger partial charge is 0.244 e. The zero-order valence-corrected chi connectivity index (χ0v) is 15.9. The molecule has 1 aliphatic heterocycles. The van der Waals surface area contributed by atoms with Crippen LogP contribution in [0.1, 0.15) is 43.5 Å². The number of nitriles is 1. The second-order valence-corrected chi connectivity index (χ2v) is 7.27. The summed E-state index contributed by atoms with van der Waals surface area (Å²) in [4.78, 5) is 0. The summed E-state index contributed by atoms with van der Waals surface area (Å²) < 4.78 is 16.1. The zero-order chi connectivity index (χ0) is 19.9. The van der Waals surface area contributed by atoms with Crippen molar-refractivity contribution >= 4 is 0 Å². The first kappa shape index (κ1) is 18.5. The Labute approximate surface area is 157 Å². The molecule has 0 aliphatic carbocycles. The minimum atomic E-state index is -0.546. The van der Waals surface area contributed by atoms with Crippen molar-refractivity contribution in [2.24, 2.45) is 5.73 Å². The average molecular weight is 370 g/mol. The van der Waals surface area contributed by atoms with Gasteiger partial charge >= 0.3 is 0 Å². The van der Waals surface area contributed by atoms with Gasteiger partial charge in [-0.1, -0.05) is 20.8 Å². The molecule has 0 fully saturated rings. The Morgan fingerprint density at radius 1 is 1.26 bits per heavy atom. The van der Waals surface area contributed by atoms with E-state index in [1.54, 1.807) is 12.1 Å².